The standard InChI is InChI=1S/C6H2ClF3N.3CH3.Sn/c7-5-1-4(2-11-3-5)6(8,9)10;;;;/h1-2H;3*1H3;. The number of alkyl halides is 3. The van der Waals surface area contributed by atoms with Crippen molar-refractivity contribution in [2.24, 2.45) is 0 Å². The Morgan fingerprint density at radius 3 is 2.13 bits per heavy atom. The van der Waals surface area contributed by atoms with Gasteiger partial charge in [-0.05, 0) is 0 Å². The van der Waals surface area contributed by atoms with Gasteiger partial charge >= 0.3 is 95.7 Å². The first-order valence-corrected chi connectivity index (χ1v) is 14.7. The van der Waals surface area contributed by atoms with Crippen molar-refractivity contribution in [2.45, 2.75) is 21.0 Å². The number of nitrogens with zero attached hydrogens (tertiary/aromatic N) is 1. The van der Waals surface area contributed by atoms with Gasteiger partial charge in [-0.25, -0.2) is 0 Å². The van der Waals surface area contributed by atoms with E-state index in [1.807, 2.05) is 0 Å². The van der Waals surface area contributed by atoms with Gasteiger partial charge in [0.1, 0.15) is 0 Å². The molecule has 0 N–H and O–H groups in total. The van der Waals surface area contributed by atoms with Gasteiger partial charge in [-0.15, -0.1) is 0 Å². The second kappa shape index (κ2) is 4.12. The molecular formula is C9H11ClF3NSn. The predicted octanol–water partition coefficient (Wildman–Crippen LogP) is 3.30. The zero-order valence-electron chi connectivity index (χ0n) is 8.61. The van der Waals surface area contributed by atoms with Crippen LogP contribution in [0.1, 0.15) is 5.56 Å². The first kappa shape index (κ1) is 13.1. The van der Waals surface area contributed by atoms with E-state index in [0.717, 1.165) is 12.3 Å². The molecule has 0 fully saturated rings. The Morgan fingerprint density at radius 2 is 1.80 bits per heavy atom. The van der Waals surface area contributed by atoms with Crippen LogP contribution in [0.25, 0.3) is 0 Å². The van der Waals surface area contributed by atoms with E-state index in [1.165, 1.54) is 0 Å². The molecule has 1 aromatic rings. The van der Waals surface area contributed by atoms with Crippen LogP contribution in [-0.2, 0) is 6.18 Å². The maximum absolute atomic E-state index is 12.3. The molecule has 0 aliphatic carbocycles. The SMILES string of the molecule is [CH3][Sn]([CH3])([CH3])[c]1ncc(C(F)(F)F)cc1Cl. The predicted molar refractivity (Wildman–Crippen MR) is 57.2 cm³/mol. The van der Waals surface area contributed by atoms with Gasteiger partial charge in [-0.1, -0.05) is 0 Å². The molecule has 15 heavy (non-hydrogen) atoms. The number of rotatable bonds is 1. The third-order valence-electron chi connectivity index (χ3n) is 1.88. The minimum absolute atomic E-state index is 0.146. The second-order valence-electron chi connectivity index (χ2n) is 4.30. The van der Waals surface area contributed by atoms with E-state index in [9.17, 15) is 13.2 Å². The van der Waals surface area contributed by atoms with Gasteiger partial charge in [0, 0.05) is 0 Å². The Labute approximate surface area is 95.5 Å². The summed E-state index contributed by atoms with van der Waals surface area (Å²) in [7, 11) is 0. The molecule has 0 amide bonds. The number of hydrogen-bond acceptors (Lipinski definition) is 1. The van der Waals surface area contributed by atoms with Crippen LogP contribution in [-0.4, -0.2) is 23.4 Å². The van der Waals surface area contributed by atoms with Crippen LogP contribution in [0.15, 0.2) is 12.3 Å². The van der Waals surface area contributed by atoms with Gasteiger partial charge in [0.05, 0.1) is 0 Å². The molecule has 1 rings (SSSR count). The zero-order chi connectivity index (χ0) is 11.9. The van der Waals surface area contributed by atoms with Crippen molar-refractivity contribution in [3.05, 3.63) is 22.8 Å². The summed E-state index contributed by atoms with van der Waals surface area (Å²) in [5, 5.41) is 0.146. The average Bonchev–Trinajstić information content (AvgIpc) is 1.99. The third-order valence-corrected chi connectivity index (χ3v) is 7.81. The van der Waals surface area contributed by atoms with Crippen LogP contribution in [0.4, 0.5) is 13.2 Å². The summed E-state index contributed by atoms with van der Waals surface area (Å²) in [6.45, 7) is 0. The summed E-state index contributed by atoms with van der Waals surface area (Å²) >= 11 is 3.32. The zero-order valence-corrected chi connectivity index (χ0v) is 12.2. The van der Waals surface area contributed by atoms with Gasteiger partial charge in [-0.2, -0.15) is 0 Å². The molecule has 0 saturated heterocycles. The molecule has 0 unspecified atom stereocenters. The maximum atomic E-state index is 12.3. The van der Waals surface area contributed by atoms with Gasteiger partial charge in [0.2, 0.25) is 0 Å². The Kier molecular flexibility index (Phi) is 3.60. The van der Waals surface area contributed by atoms with Crippen molar-refractivity contribution < 1.29 is 13.2 Å². The van der Waals surface area contributed by atoms with E-state index >= 15 is 0 Å². The molecule has 0 aliphatic rings. The number of pyridine rings is 1. The Hall–Kier alpha value is 0.0287. The van der Waals surface area contributed by atoms with Crippen LogP contribution in [0.5, 0.6) is 0 Å². The van der Waals surface area contributed by atoms with Crippen molar-refractivity contribution in [3.63, 3.8) is 0 Å². The van der Waals surface area contributed by atoms with Crippen molar-refractivity contribution in [3.8, 4) is 0 Å². The molecule has 1 nitrogen and oxygen atoms in total. The molecule has 0 aromatic carbocycles. The van der Waals surface area contributed by atoms with Crippen LogP contribution >= 0.6 is 11.6 Å². The molecule has 0 radical (unpaired) electrons. The van der Waals surface area contributed by atoms with Gasteiger partial charge in [-0.3, -0.25) is 0 Å². The quantitative estimate of drug-likeness (QED) is 0.713. The van der Waals surface area contributed by atoms with Gasteiger partial charge in [0.15, 0.2) is 0 Å². The fourth-order valence-corrected chi connectivity index (χ4v) is 6.75. The molecule has 6 heteroatoms. The molecule has 1 aromatic heterocycles. The topological polar surface area (TPSA) is 12.9 Å². The van der Waals surface area contributed by atoms with Crippen LogP contribution in [0.2, 0.25) is 19.8 Å². The fourth-order valence-electron chi connectivity index (χ4n) is 1.14. The van der Waals surface area contributed by atoms with E-state index in [-0.39, 0.29) is 5.02 Å². The van der Waals surface area contributed by atoms with E-state index in [1.54, 1.807) is 0 Å². The van der Waals surface area contributed by atoms with Gasteiger partial charge < -0.3 is 0 Å². The molecular weight excluding hydrogens is 333 g/mol. The van der Waals surface area contributed by atoms with Crippen LogP contribution in [0, 0.1) is 0 Å². The minimum atomic E-state index is -4.37. The van der Waals surface area contributed by atoms with Crippen molar-refractivity contribution >= 4 is 33.7 Å². The molecule has 0 saturated carbocycles. The molecule has 0 atom stereocenters. The normalized spacial score (nSPS) is 13.0. The summed E-state index contributed by atoms with van der Waals surface area (Å²) in [5.41, 5.74) is -0.785. The second-order valence-corrected chi connectivity index (χ2v) is 18.9. The Bertz CT molecular complexity index is 371. The fraction of sp³-hybridized carbons (Fsp3) is 0.444. The van der Waals surface area contributed by atoms with E-state index in [4.69, 9.17) is 11.6 Å². The van der Waals surface area contributed by atoms with Crippen LogP contribution in [0.3, 0.4) is 0 Å². The Morgan fingerprint density at radius 1 is 1.27 bits per heavy atom. The third kappa shape index (κ3) is 3.24. The van der Waals surface area contributed by atoms with E-state index in [2.05, 4.69) is 19.8 Å². The molecule has 1 heterocycles. The van der Waals surface area contributed by atoms with E-state index in [0.29, 0.717) is 3.71 Å². The summed E-state index contributed by atoms with van der Waals surface area (Å²) < 4.78 is 37.6. The average molecular weight is 344 g/mol. The summed E-state index contributed by atoms with van der Waals surface area (Å²) in [6, 6.07) is 0.964. The molecule has 84 valence electrons. The first-order valence-electron chi connectivity index (χ1n) is 4.35. The van der Waals surface area contributed by atoms with Crippen molar-refractivity contribution in [1.82, 2.24) is 4.98 Å². The van der Waals surface area contributed by atoms with Gasteiger partial charge in [0.25, 0.3) is 0 Å². The van der Waals surface area contributed by atoms with Crippen molar-refractivity contribution in [2.75, 3.05) is 0 Å². The molecule has 0 aliphatic heterocycles. The van der Waals surface area contributed by atoms with Crippen molar-refractivity contribution in [1.29, 1.82) is 0 Å². The molecule has 0 bridgehead atoms. The summed E-state index contributed by atoms with van der Waals surface area (Å²) in [5.74, 6) is 0. The Balaban J connectivity index is 3.21. The number of aromatic nitrogens is 1. The number of hydrogen-bond donors (Lipinski definition) is 0. The first-order chi connectivity index (χ1) is 6.62. The monoisotopic (exact) mass is 345 g/mol. The summed E-state index contributed by atoms with van der Waals surface area (Å²) in [4.78, 5) is 10.0. The summed E-state index contributed by atoms with van der Waals surface area (Å²) in [6.07, 6.45) is -3.51. The molecule has 0 spiro atoms. The van der Waals surface area contributed by atoms with E-state index < -0.39 is 30.1 Å². The number of halogens is 4. The van der Waals surface area contributed by atoms with Crippen LogP contribution < -0.4 is 3.71 Å².